The molecule has 0 spiro atoms. The number of anilines is 1. The number of carbonyl (C=O) groups is 2. The van der Waals surface area contributed by atoms with Crippen LogP contribution in [0, 0.1) is 6.92 Å². The van der Waals surface area contributed by atoms with E-state index in [0.717, 1.165) is 16.1 Å². The van der Waals surface area contributed by atoms with E-state index in [1.165, 1.54) is 11.3 Å². The van der Waals surface area contributed by atoms with Gasteiger partial charge in [-0.15, -0.1) is 11.3 Å². The lowest BCUT2D eigenvalue weighted by Crippen LogP contribution is -2.53. The molecule has 5 nitrogen and oxygen atoms in total. The maximum absolute atomic E-state index is 12.5. The van der Waals surface area contributed by atoms with Crippen LogP contribution in [0.4, 0.5) is 5.69 Å². The molecule has 1 aliphatic rings. The van der Waals surface area contributed by atoms with Gasteiger partial charge in [0.25, 0.3) is 5.91 Å². The fraction of sp³-hybridized carbons (Fsp3) is 0.368. The van der Waals surface area contributed by atoms with Crippen molar-refractivity contribution in [2.45, 2.75) is 19.9 Å². The minimum atomic E-state index is -0.223. The first-order chi connectivity index (χ1) is 12.0. The number of nitrogens with zero attached hydrogens (tertiary/aromatic N) is 2. The van der Waals surface area contributed by atoms with Gasteiger partial charge >= 0.3 is 0 Å². The molecule has 0 bridgehead atoms. The van der Waals surface area contributed by atoms with Gasteiger partial charge in [-0.2, -0.15) is 0 Å². The van der Waals surface area contributed by atoms with E-state index in [2.05, 4.69) is 10.2 Å². The van der Waals surface area contributed by atoms with E-state index in [-0.39, 0.29) is 17.9 Å². The van der Waals surface area contributed by atoms with Crippen LogP contribution in [0.1, 0.15) is 22.2 Å². The van der Waals surface area contributed by atoms with Crippen LogP contribution >= 0.6 is 11.3 Å². The molecule has 1 fully saturated rings. The van der Waals surface area contributed by atoms with Crippen LogP contribution in [0.5, 0.6) is 0 Å². The van der Waals surface area contributed by atoms with Crippen molar-refractivity contribution in [1.29, 1.82) is 0 Å². The molecule has 2 amide bonds. The van der Waals surface area contributed by atoms with E-state index in [1.54, 1.807) is 0 Å². The smallest absolute Gasteiger partial charge is 0.264 e. The first-order valence-corrected chi connectivity index (χ1v) is 9.37. The summed E-state index contributed by atoms with van der Waals surface area (Å²) in [7, 11) is 0. The van der Waals surface area contributed by atoms with Crippen molar-refractivity contribution in [3.05, 3.63) is 52.2 Å². The van der Waals surface area contributed by atoms with Gasteiger partial charge < -0.3 is 10.2 Å². The Kier molecular flexibility index (Phi) is 5.50. The van der Waals surface area contributed by atoms with Crippen molar-refractivity contribution in [2.24, 2.45) is 0 Å². The highest BCUT2D eigenvalue weighted by atomic mass is 32.1. The summed E-state index contributed by atoms with van der Waals surface area (Å²) in [5.41, 5.74) is 1.94. The normalized spacial score (nSPS) is 16.5. The second-order valence-electron chi connectivity index (χ2n) is 6.34. The zero-order valence-electron chi connectivity index (χ0n) is 14.6. The van der Waals surface area contributed by atoms with E-state index in [0.29, 0.717) is 26.2 Å². The SMILES string of the molecule is Cc1cccc(NC(=O)C(C)N2CCN(C(=O)c3cccs3)CC2)c1. The maximum Gasteiger partial charge on any atom is 0.264 e. The van der Waals surface area contributed by atoms with Gasteiger partial charge in [-0.3, -0.25) is 14.5 Å². The number of piperazine rings is 1. The highest BCUT2D eigenvalue weighted by Crippen LogP contribution is 2.16. The van der Waals surface area contributed by atoms with Gasteiger partial charge in [0.15, 0.2) is 0 Å². The third-order valence-corrected chi connectivity index (χ3v) is 5.40. The molecule has 0 aliphatic carbocycles. The fourth-order valence-electron chi connectivity index (χ4n) is 3.00. The Morgan fingerprint density at radius 3 is 2.52 bits per heavy atom. The number of nitrogens with one attached hydrogen (secondary N) is 1. The highest BCUT2D eigenvalue weighted by molar-refractivity contribution is 7.12. The van der Waals surface area contributed by atoms with Gasteiger partial charge in [-0.25, -0.2) is 0 Å². The molecule has 1 atom stereocenters. The molecule has 6 heteroatoms. The van der Waals surface area contributed by atoms with Crippen molar-refractivity contribution >= 4 is 28.8 Å². The summed E-state index contributed by atoms with van der Waals surface area (Å²) in [4.78, 5) is 29.6. The monoisotopic (exact) mass is 357 g/mol. The van der Waals surface area contributed by atoms with Crippen LogP contribution in [-0.2, 0) is 4.79 Å². The predicted octanol–water partition coefficient (Wildman–Crippen LogP) is 2.84. The summed E-state index contributed by atoms with van der Waals surface area (Å²) in [6, 6.07) is 11.3. The quantitative estimate of drug-likeness (QED) is 0.915. The molecule has 0 saturated carbocycles. The predicted molar refractivity (Wildman–Crippen MR) is 101 cm³/mol. The first-order valence-electron chi connectivity index (χ1n) is 8.49. The molecule has 2 aromatic rings. The molecule has 1 N–H and O–H groups in total. The van der Waals surface area contributed by atoms with Crippen LogP contribution in [0.3, 0.4) is 0 Å². The lowest BCUT2D eigenvalue weighted by molar-refractivity contribution is -0.121. The minimum Gasteiger partial charge on any atom is -0.335 e. The number of hydrogen-bond donors (Lipinski definition) is 1. The van der Waals surface area contributed by atoms with E-state index < -0.39 is 0 Å². The Balaban J connectivity index is 1.53. The van der Waals surface area contributed by atoms with Crippen molar-refractivity contribution < 1.29 is 9.59 Å². The van der Waals surface area contributed by atoms with Gasteiger partial charge in [-0.1, -0.05) is 18.2 Å². The molecule has 1 unspecified atom stereocenters. The molecule has 1 aliphatic heterocycles. The minimum absolute atomic E-state index is 0.0105. The Labute approximate surface area is 152 Å². The lowest BCUT2D eigenvalue weighted by Gasteiger charge is -2.37. The molecule has 2 heterocycles. The van der Waals surface area contributed by atoms with E-state index in [9.17, 15) is 9.59 Å². The average molecular weight is 357 g/mol. The fourth-order valence-corrected chi connectivity index (χ4v) is 3.69. The first kappa shape index (κ1) is 17.6. The van der Waals surface area contributed by atoms with Crippen molar-refractivity contribution in [3.8, 4) is 0 Å². The van der Waals surface area contributed by atoms with Gasteiger partial charge in [0.05, 0.1) is 10.9 Å². The van der Waals surface area contributed by atoms with Crippen LogP contribution in [-0.4, -0.2) is 53.8 Å². The summed E-state index contributed by atoms with van der Waals surface area (Å²) < 4.78 is 0. The van der Waals surface area contributed by atoms with Gasteiger partial charge in [0, 0.05) is 31.9 Å². The Bertz CT molecular complexity index is 737. The number of benzene rings is 1. The molecule has 1 saturated heterocycles. The molecule has 1 aromatic carbocycles. The van der Waals surface area contributed by atoms with E-state index in [1.807, 2.05) is 60.5 Å². The van der Waals surface area contributed by atoms with Crippen LogP contribution in [0.2, 0.25) is 0 Å². The molecule has 3 rings (SSSR count). The average Bonchev–Trinajstić information content (AvgIpc) is 3.15. The zero-order chi connectivity index (χ0) is 17.8. The van der Waals surface area contributed by atoms with Gasteiger partial charge in [0.2, 0.25) is 5.91 Å². The number of aryl methyl sites for hydroxylation is 1. The van der Waals surface area contributed by atoms with Crippen molar-refractivity contribution in [1.82, 2.24) is 9.80 Å². The Morgan fingerprint density at radius 1 is 1.12 bits per heavy atom. The Morgan fingerprint density at radius 2 is 1.88 bits per heavy atom. The van der Waals surface area contributed by atoms with Crippen molar-refractivity contribution in [2.75, 3.05) is 31.5 Å². The largest absolute Gasteiger partial charge is 0.335 e. The number of rotatable bonds is 4. The van der Waals surface area contributed by atoms with Crippen LogP contribution < -0.4 is 5.32 Å². The summed E-state index contributed by atoms with van der Waals surface area (Å²) in [5.74, 6) is 0.0788. The third-order valence-electron chi connectivity index (χ3n) is 4.55. The summed E-state index contributed by atoms with van der Waals surface area (Å²) in [6.45, 7) is 6.64. The molecule has 132 valence electrons. The van der Waals surface area contributed by atoms with Crippen LogP contribution in [0.15, 0.2) is 41.8 Å². The number of hydrogen-bond acceptors (Lipinski definition) is 4. The van der Waals surface area contributed by atoms with E-state index in [4.69, 9.17) is 0 Å². The molecule has 25 heavy (non-hydrogen) atoms. The number of carbonyl (C=O) groups excluding carboxylic acids is 2. The summed E-state index contributed by atoms with van der Waals surface area (Å²) in [6.07, 6.45) is 0. The lowest BCUT2D eigenvalue weighted by atomic mass is 10.2. The third kappa shape index (κ3) is 4.27. The standard InChI is InChI=1S/C19H23N3O2S/c1-14-5-3-6-16(13-14)20-18(23)15(2)21-8-10-22(11-9-21)19(24)17-7-4-12-25-17/h3-7,12-13,15H,8-11H2,1-2H3,(H,20,23). The molecule has 0 radical (unpaired) electrons. The van der Waals surface area contributed by atoms with Crippen LogP contribution in [0.25, 0.3) is 0 Å². The van der Waals surface area contributed by atoms with Gasteiger partial charge in [0.1, 0.15) is 0 Å². The van der Waals surface area contributed by atoms with E-state index >= 15 is 0 Å². The summed E-state index contributed by atoms with van der Waals surface area (Å²) >= 11 is 1.47. The molecular formula is C19H23N3O2S. The van der Waals surface area contributed by atoms with Crippen molar-refractivity contribution in [3.63, 3.8) is 0 Å². The second-order valence-corrected chi connectivity index (χ2v) is 7.29. The highest BCUT2D eigenvalue weighted by Gasteiger charge is 2.28. The topological polar surface area (TPSA) is 52.7 Å². The summed E-state index contributed by atoms with van der Waals surface area (Å²) in [5, 5.41) is 4.89. The second kappa shape index (κ2) is 7.80. The zero-order valence-corrected chi connectivity index (χ0v) is 15.4. The molecule has 1 aromatic heterocycles. The maximum atomic E-state index is 12.5. The van der Waals surface area contributed by atoms with Gasteiger partial charge in [-0.05, 0) is 43.0 Å². The molecular weight excluding hydrogens is 334 g/mol. The Hall–Kier alpha value is -2.18. The number of amides is 2. The number of thiophene rings is 1.